The van der Waals surface area contributed by atoms with Crippen molar-refractivity contribution in [1.82, 2.24) is 5.16 Å². The summed E-state index contributed by atoms with van der Waals surface area (Å²) >= 11 is 1.17. The molecule has 0 N–H and O–H groups in total. The summed E-state index contributed by atoms with van der Waals surface area (Å²) in [5.74, 6) is -2.45. The summed E-state index contributed by atoms with van der Waals surface area (Å²) < 4.78 is 32.1. The largest absolute Gasteiger partial charge is 0.351 e. The van der Waals surface area contributed by atoms with Crippen molar-refractivity contribution in [1.29, 1.82) is 0 Å². The van der Waals surface area contributed by atoms with Gasteiger partial charge >= 0.3 is 0 Å². The molecule has 0 aliphatic carbocycles. The number of halogens is 2. The van der Waals surface area contributed by atoms with E-state index in [0.717, 1.165) is 12.5 Å². The molecule has 0 saturated carbocycles. The first-order chi connectivity index (χ1) is 10.1. The van der Waals surface area contributed by atoms with Crippen LogP contribution >= 0.6 is 11.8 Å². The molecule has 1 amide bonds. The third-order valence-electron chi connectivity index (χ3n) is 3.37. The first kappa shape index (κ1) is 14.0. The molecule has 1 fully saturated rings. The van der Waals surface area contributed by atoms with Gasteiger partial charge in [0, 0.05) is 11.8 Å². The summed E-state index contributed by atoms with van der Waals surface area (Å²) in [5.41, 5.74) is -0.832. The van der Waals surface area contributed by atoms with Gasteiger partial charge in [0.2, 0.25) is 11.4 Å². The molecule has 1 saturated heterocycles. The van der Waals surface area contributed by atoms with Crippen molar-refractivity contribution in [2.45, 2.75) is 18.6 Å². The van der Waals surface area contributed by atoms with E-state index in [9.17, 15) is 18.4 Å². The van der Waals surface area contributed by atoms with Crippen molar-refractivity contribution in [3.63, 3.8) is 0 Å². The lowest BCUT2D eigenvalue weighted by molar-refractivity contribution is 0.111. The highest BCUT2D eigenvalue weighted by Gasteiger charge is 2.34. The molecule has 0 bridgehead atoms. The quantitative estimate of drug-likeness (QED) is 0.813. The van der Waals surface area contributed by atoms with Crippen LogP contribution in [-0.4, -0.2) is 28.5 Å². The summed E-state index contributed by atoms with van der Waals surface area (Å²) in [6.45, 7) is 2.37. The second-order valence-corrected chi connectivity index (χ2v) is 5.87. The number of thioether (sulfide) groups is 1. The Bertz CT molecular complexity index is 747. The van der Waals surface area contributed by atoms with Crippen molar-refractivity contribution in [3.8, 4) is 0 Å². The van der Waals surface area contributed by atoms with E-state index in [1.54, 1.807) is 0 Å². The van der Waals surface area contributed by atoms with Crippen molar-refractivity contribution in [2.24, 2.45) is 0 Å². The maximum absolute atomic E-state index is 13.8. The Morgan fingerprint density at radius 3 is 2.90 bits per heavy atom. The normalized spacial score (nSPS) is 18.7. The zero-order valence-corrected chi connectivity index (χ0v) is 11.7. The van der Waals surface area contributed by atoms with Gasteiger partial charge in [-0.2, -0.15) is 4.39 Å². The van der Waals surface area contributed by atoms with Crippen molar-refractivity contribution >= 4 is 40.1 Å². The summed E-state index contributed by atoms with van der Waals surface area (Å²) in [5, 5.41) is 3.66. The number of nitrogens with zero attached hydrogens (tertiary/aromatic N) is 2. The number of benzene rings is 1. The highest BCUT2D eigenvalue weighted by atomic mass is 32.2. The van der Waals surface area contributed by atoms with E-state index in [1.165, 1.54) is 16.7 Å². The van der Waals surface area contributed by atoms with Crippen LogP contribution in [0.2, 0.25) is 0 Å². The lowest BCUT2D eigenvalue weighted by atomic mass is 10.1. The van der Waals surface area contributed by atoms with Crippen molar-refractivity contribution in [2.75, 3.05) is 11.4 Å². The van der Waals surface area contributed by atoms with Gasteiger partial charge in [0.05, 0.1) is 10.9 Å². The molecule has 110 valence electrons. The molecule has 21 heavy (non-hydrogen) atoms. The Morgan fingerprint density at radius 2 is 2.29 bits per heavy atom. The fourth-order valence-electron chi connectivity index (χ4n) is 2.21. The number of carbonyl (C=O) groups is 2. The molecule has 2 heterocycles. The van der Waals surface area contributed by atoms with Crippen LogP contribution in [-0.2, 0) is 0 Å². The molecule has 1 aromatic carbocycles. The highest BCUT2D eigenvalue weighted by molar-refractivity contribution is 8.14. The van der Waals surface area contributed by atoms with Crippen LogP contribution in [0, 0.1) is 11.6 Å². The minimum atomic E-state index is -1.28. The molecule has 1 aliphatic heterocycles. The molecular formula is C13H10F2N2O3S. The Hall–Kier alpha value is -1.96. The van der Waals surface area contributed by atoms with Gasteiger partial charge < -0.3 is 4.52 Å². The Labute approximate surface area is 122 Å². The SMILES string of the molecule is CC[C@H]1CN(c2noc3c(F)c(F)c(C=O)cc23)C(=O)S1. The lowest BCUT2D eigenvalue weighted by Gasteiger charge is -2.11. The van der Waals surface area contributed by atoms with Gasteiger partial charge in [-0.1, -0.05) is 23.8 Å². The topological polar surface area (TPSA) is 63.4 Å². The Morgan fingerprint density at radius 1 is 1.52 bits per heavy atom. The van der Waals surface area contributed by atoms with Crippen LogP contribution < -0.4 is 4.90 Å². The van der Waals surface area contributed by atoms with E-state index in [4.69, 9.17) is 4.52 Å². The van der Waals surface area contributed by atoms with E-state index < -0.39 is 22.8 Å². The van der Waals surface area contributed by atoms with E-state index in [-0.39, 0.29) is 28.0 Å². The number of anilines is 1. The number of aromatic nitrogens is 1. The number of rotatable bonds is 3. The van der Waals surface area contributed by atoms with Gasteiger partial charge in [0.15, 0.2) is 17.9 Å². The fourth-order valence-corrected chi connectivity index (χ4v) is 3.17. The first-order valence-corrected chi connectivity index (χ1v) is 7.15. The first-order valence-electron chi connectivity index (χ1n) is 6.27. The number of hydrogen-bond acceptors (Lipinski definition) is 5. The standard InChI is InChI=1S/C13H10F2N2O3S/c1-2-7-4-17(13(19)21-7)12-8-3-6(5-18)9(14)10(15)11(8)20-16-12/h3,5,7H,2,4H2,1H3/t7-/m0/s1. The van der Waals surface area contributed by atoms with E-state index in [1.807, 2.05) is 6.92 Å². The van der Waals surface area contributed by atoms with E-state index >= 15 is 0 Å². The van der Waals surface area contributed by atoms with Crippen LogP contribution in [0.25, 0.3) is 11.0 Å². The Balaban J connectivity index is 2.14. The van der Waals surface area contributed by atoms with Crippen LogP contribution in [0.15, 0.2) is 10.6 Å². The van der Waals surface area contributed by atoms with Crippen LogP contribution in [0.3, 0.4) is 0 Å². The smallest absolute Gasteiger partial charge is 0.287 e. The summed E-state index contributed by atoms with van der Waals surface area (Å²) in [6.07, 6.45) is 1.01. The van der Waals surface area contributed by atoms with Gasteiger partial charge in [-0.3, -0.25) is 14.5 Å². The highest BCUT2D eigenvalue weighted by Crippen LogP contribution is 2.36. The van der Waals surface area contributed by atoms with Gasteiger partial charge in [0.25, 0.3) is 5.24 Å². The molecule has 0 radical (unpaired) electrons. The zero-order valence-electron chi connectivity index (χ0n) is 10.9. The molecule has 0 spiro atoms. The summed E-state index contributed by atoms with van der Waals surface area (Å²) in [6, 6.07) is 1.14. The van der Waals surface area contributed by atoms with Gasteiger partial charge in [-0.05, 0) is 12.5 Å². The number of amides is 1. The second-order valence-electron chi connectivity index (χ2n) is 4.62. The lowest BCUT2D eigenvalue weighted by Crippen LogP contribution is -2.24. The Kier molecular flexibility index (Phi) is 3.40. The predicted octanol–water partition coefficient (Wildman–Crippen LogP) is 3.37. The molecule has 3 rings (SSSR count). The minimum absolute atomic E-state index is 0.111. The zero-order chi connectivity index (χ0) is 15.1. The monoisotopic (exact) mass is 312 g/mol. The van der Waals surface area contributed by atoms with Gasteiger partial charge in [-0.25, -0.2) is 4.39 Å². The second kappa shape index (κ2) is 5.10. The molecule has 2 aromatic rings. The molecule has 5 nitrogen and oxygen atoms in total. The summed E-state index contributed by atoms with van der Waals surface area (Å²) in [4.78, 5) is 24.1. The number of aldehydes is 1. The number of fused-ring (bicyclic) bond motifs is 1. The minimum Gasteiger partial charge on any atom is -0.351 e. The van der Waals surface area contributed by atoms with Crippen LogP contribution in [0.4, 0.5) is 19.4 Å². The molecule has 1 atom stereocenters. The van der Waals surface area contributed by atoms with Crippen LogP contribution in [0.1, 0.15) is 23.7 Å². The number of hydrogen-bond donors (Lipinski definition) is 0. The van der Waals surface area contributed by atoms with Gasteiger partial charge in [0.1, 0.15) is 0 Å². The van der Waals surface area contributed by atoms with E-state index in [0.29, 0.717) is 6.54 Å². The summed E-state index contributed by atoms with van der Waals surface area (Å²) in [7, 11) is 0. The molecule has 1 aliphatic rings. The fraction of sp³-hybridized carbons (Fsp3) is 0.308. The van der Waals surface area contributed by atoms with E-state index in [2.05, 4.69) is 5.16 Å². The van der Waals surface area contributed by atoms with Crippen molar-refractivity contribution < 1.29 is 22.9 Å². The molecule has 0 unspecified atom stereocenters. The third kappa shape index (κ3) is 2.10. The average Bonchev–Trinajstić information content (AvgIpc) is 3.05. The molecule has 8 heteroatoms. The van der Waals surface area contributed by atoms with Crippen LogP contribution in [0.5, 0.6) is 0 Å². The number of carbonyl (C=O) groups excluding carboxylic acids is 2. The van der Waals surface area contributed by atoms with Crippen molar-refractivity contribution in [3.05, 3.63) is 23.3 Å². The maximum Gasteiger partial charge on any atom is 0.287 e. The third-order valence-corrected chi connectivity index (χ3v) is 4.60. The van der Waals surface area contributed by atoms with Gasteiger partial charge in [-0.15, -0.1) is 0 Å². The average molecular weight is 312 g/mol. The maximum atomic E-state index is 13.8. The molecular weight excluding hydrogens is 302 g/mol. The predicted molar refractivity (Wildman–Crippen MR) is 73.7 cm³/mol. The molecule has 1 aromatic heterocycles.